The number of carbonyl (C=O) groups excluding carboxylic acids is 2. The number of benzene rings is 2. The lowest BCUT2D eigenvalue weighted by atomic mass is 9.90. The standard InChI is InChI=1S/C23H18N2O3/c1-2-28-19-13-7-6-12-18(19)24-20-21(25-14-8-3-9-15-25)23(27)17-11-5-4-10-16(17)22(20)26/h3-15H,2H2,1H3/p+1. The van der Waals surface area contributed by atoms with E-state index >= 15 is 0 Å². The molecule has 1 N–H and O–H groups in total. The van der Waals surface area contributed by atoms with Gasteiger partial charge in [-0.25, -0.2) is 0 Å². The van der Waals surface area contributed by atoms with Gasteiger partial charge in [-0.05, 0) is 19.1 Å². The maximum atomic E-state index is 13.3. The van der Waals surface area contributed by atoms with Crippen LogP contribution in [0.4, 0.5) is 5.69 Å². The first-order chi connectivity index (χ1) is 13.7. The average molecular weight is 371 g/mol. The number of hydrogen-bond acceptors (Lipinski definition) is 4. The van der Waals surface area contributed by atoms with Crippen LogP contribution in [-0.2, 0) is 0 Å². The van der Waals surface area contributed by atoms with Crippen LogP contribution in [0.15, 0.2) is 84.8 Å². The molecule has 1 aromatic heterocycles. The highest BCUT2D eigenvalue weighted by Crippen LogP contribution is 2.31. The van der Waals surface area contributed by atoms with Gasteiger partial charge >= 0.3 is 0 Å². The summed E-state index contributed by atoms with van der Waals surface area (Å²) in [6.07, 6.45) is 3.51. The fraction of sp³-hybridized carbons (Fsp3) is 0.0870. The van der Waals surface area contributed by atoms with Crippen molar-refractivity contribution >= 4 is 23.0 Å². The van der Waals surface area contributed by atoms with Crippen molar-refractivity contribution in [3.8, 4) is 5.75 Å². The number of aromatic nitrogens is 1. The van der Waals surface area contributed by atoms with Crippen LogP contribution in [0.3, 0.4) is 0 Å². The van der Waals surface area contributed by atoms with Gasteiger partial charge in [0.1, 0.15) is 5.75 Å². The van der Waals surface area contributed by atoms with Crippen molar-refractivity contribution in [2.45, 2.75) is 6.92 Å². The smallest absolute Gasteiger partial charge is 0.286 e. The Balaban J connectivity index is 1.90. The van der Waals surface area contributed by atoms with Gasteiger partial charge in [0.2, 0.25) is 5.78 Å². The fourth-order valence-corrected chi connectivity index (χ4v) is 3.26. The van der Waals surface area contributed by atoms with Crippen LogP contribution >= 0.6 is 0 Å². The minimum Gasteiger partial charge on any atom is -0.492 e. The monoisotopic (exact) mass is 371 g/mol. The molecule has 0 aliphatic heterocycles. The van der Waals surface area contributed by atoms with Crippen LogP contribution in [0.2, 0.25) is 0 Å². The summed E-state index contributed by atoms with van der Waals surface area (Å²) in [4.78, 5) is 26.6. The van der Waals surface area contributed by atoms with Gasteiger partial charge < -0.3 is 10.1 Å². The van der Waals surface area contributed by atoms with Crippen LogP contribution in [0.5, 0.6) is 5.75 Å². The molecule has 1 aliphatic carbocycles. The van der Waals surface area contributed by atoms with Crippen molar-refractivity contribution in [1.82, 2.24) is 0 Å². The Morgan fingerprint density at radius 1 is 0.821 bits per heavy atom. The number of para-hydroxylation sites is 2. The summed E-state index contributed by atoms with van der Waals surface area (Å²) in [7, 11) is 0. The molecular weight excluding hydrogens is 352 g/mol. The Labute approximate surface area is 162 Å². The molecule has 28 heavy (non-hydrogen) atoms. The number of rotatable bonds is 5. The Morgan fingerprint density at radius 3 is 2.18 bits per heavy atom. The molecule has 0 spiro atoms. The summed E-state index contributed by atoms with van der Waals surface area (Å²) in [6, 6.07) is 19.7. The van der Waals surface area contributed by atoms with Gasteiger partial charge in [-0.3, -0.25) is 9.59 Å². The Kier molecular flexibility index (Phi) is 4.72. The van der Waals surface area contributed by atoms with Gasteiger partial charge in [0.15, 0.2) is 18.1 Å². The van der Waals surface area contributed by atoms with E-state index in [-0.39, 0.29) is 23.0 Å². The molecule has 0 saturated heterocycles. The van der Waals surface area contributed by atoms with E-state index in [2.05, 4.69) is 5.32 Å². The quantitative estimate of drug-likeness (QED) is 0.694. The zero-order valence-electron chi connectivity index (χ0n) is 15.4. The van der Waals surface area contributed by atoms with E-state index in [0.717, 1.165) is 0 Å². The molecule has 0 saturated carbocycles. The van der Waals surface area contributed by atoms with Crippen molar-refractivity contribution in [3.05, 3.63) is 95.9 Å². The third-order valence-corrected chi connectivity index (χ3v) is 4.52. The number of Topliss-reactive ketones (excluding diaryl/α,β-unsaturated/α-hetero) is 2. The molecular formula is C23H19N2O3+. The molecule has 0 bridgehead atoms. The van der Waals surface area contributed by atoms with Gasteiger partial charge in [-0.15, -0.1) is 0 Å². The molecule has 2 aromatic carbocycles. The predicted octanol–water partition coefficient (Wildman–Crippen LogP) is 3.73. The van der Waals surface area contributed by atoms with Gasteiger partial charge in [-0.1, -0.05) is 42.5 Å². The second kappa shape index (κ2) is 7.48. The Hall–Kier alpha value is -3.73. The summed E-state index contributed by atoms with van der Waals surface area (Å²) in [5.41, 5.74) is 1.95. The van der Waals surface area contributed by atoms with E-state index in [1.807, 2.05) is 49.4 Å². The summed E-state index contributed by atoms with van der Waals surface area (Å²) < 4.78 is 7.33. The van der Waals surface area contributed by atoms with E-state index in [1.165, 1.54) is 0 Å². The number of nitrogens with one attached hydrogen (secondary N) is 1. The lowest BCUT2D eigenvalue weighted by Gasteiger charge is -2.19. The molecule has 3 aromatic rings. The average Bonchev–Trinajstić information content (AvgIpc) is 2.74. The molecule has 5 nitrogen and oxygen atoms in total. The first-order valence-electron chi connectivity index (χ1n) is 9.09. The molecule has 0 atom stereocenters. The summed E-state index contributed by atoms with van der Waals surface area (Å²) in [6.45, 7) is 2.39. The van der Waals surface area contributed by atoms with Gasteiger partial charge in [0.05, 0.1) is 12.3 Å². The molecule has 0 unspecified atom stereocenters. The third kappa shape index (κ3) is 3.07. The highest BCUT2D eigenvalue weighted by Gasteiger charge is 2.38. The number of ketones is 2. The van der Waals surface area contributed by atoms with Crippen molar-refractivity contribution in [3.63, 3.8) is 0 Å². The summed E-state index contributed by atoms with van der Waals surface area (Å²) in [5.74, 6) is 0.185. The lowest BCUT2D eigenvalue weighted by Crippen LogP contribution is -2.41. The zero-order chi connectivity index (χ0) is 19.5. The number of carbonyl (C=O) groups is 2. The molecule has 0 radical (unpaired) electrons. The van der Waals surface area contributed by atoms with Crippen molar-refractivity contribution in [2.75, 3.05) is 11.9 Å². The topological polar surface area (TPSA) is 59.3 Å². The molecule has 1 aliphatic rings. The first kappa shape index (κ1) is 17.7. The molecule has 1 heterocycles. The number of anilines is 1. The van der Waals surface area contributed by atoms with E-state index in [4.69, 9.17) is 4.74 Å². The van der Waals surface area contributed by atoms with Crippen LogP contribution in [0, 0.1) is 0 Å². The number of fused-ring (bicyclic) bond motifs is 1. The maximum Gasteiger partial charge on any atom is 0.286 e. The van der Waals surface area contributed by atoms with Crippen molar-refractivity contribution in [2.24, 2.45) is 0 Å². The lowest BCUT2D eigenvalue weighted by molar-refractivity contribution is -0.577. The van der Waals surface area contributed by atoms with E-state index in [9.17, 15) is 9.59 Å². The predicted molar refractivity (Wildman–Crippen MR) is 106 cm³/mol. The highest BCUT2D eigenvalue weighted by atomic mass is 16.5. The zero-order valence-corrected chi connectivity index (χ0v) is 15.4. The van der Waals surface area contributed by atoms with E-state index < -0.39 is 0 Å². The summed E-state index contributed by atoms with van der Waals surface area (Å²) in [5, 5.41) is 3.17. The molecule has 4 rings (SSSR count). The second-order valence-corrected chi connectivity index (χ2v) is 6.26. The minimum atomic E-state index is -0.229. The molecule has 0 fully saturated rings. The van der Waals surface area contributed by atoms with E-state index in [0.29, 0.717) is 29.2 Å². The second-order valence-electron chi connectivity index (χ2n) is 6.26. The normalized spacial score (nSPS) is 13.3. The molecule has 5 heteroatoms. The van der Waals surface area contributed by atoms with Gasteiger partial charge in [0.25, 0.3) is 11.5 Å². The van der Waals surface area contributed by atoms with E-state index in [1.54, 1.807) is 41.2 Å². The van der Waals surface area contributed by atoms with Gasteiger partial charge in [0, 0.05) is 23.3 Å². The molecule has 138 valence electrons. The number of hydrogen-bond donors (Lipinski definition) is 1. The fourth-order valence-electron chi connectivity index (χ4n) is 3.26. The Morgan fingerprint density at radius 2 is 1.46 bits per heavy atom. The van der Waals surface area contributed by atoms with Gasteiger partial charge in [-0.2, -0.15) is 4.57 Å². The number of nitrogens with zero attached hydrogens (tertiary/aromatic N) is 1. The number of allylic oxidation sites excluding steroid dienone is 2. The SMILES string of the molecule is CCOc1ccccc1NC1=C([n+]2ccccc2)C(=O)c2ccccc2C1=O. The number of pyridine rings is 1. The molecule has 0 amide bonds. The first-order valence-corrected chi connectivity index (χ1v) is 9.09. The van der Waals surface area contributed by atoms with Crippen LogP contribution < -0.4 is 14.6 Å². The highest BCUT2D eigenvalue weighted by molar-refractivity contribution is 6.36. The summed E-state index contributed by atoms with van der Waals surface area (Å²) >= 11 is 0. The maximum absolute atomic E-state index is 13.3. The number of ether oxygens (including phenoxy) is 1. The van der Waals surface area contributed by atoms with Crippen LogP contribution in [0.1, 0.15) is 27.6 Å². The van der Waals surface area contributed by atoms with Crippen LogP contribution in [-0.4, -0.2) is 18.2 Å². The largest absolute Gasteiger partial charge is 0.492 e. The van der Waals surface area contributed by atoms with Crippen molar-refractivity contribution < 1.29 is 18.9 Å². The third-order valence-electron chi connectivity index (χ3n) is 4.52. The van der Waals surface area contributed by atoms with Crippen molar-refractivity contribution in [1.29, 1.82) is 0 Å². The van der Waals surface area contributed by atoms with Crippen LogP contribution in [0.25, 0.3) is 5.70 Å². The minimum absolute atomic E-state index is 0.206. The Bertz CT molecular complexity index is 1090.